The number of amides is 4. The monoisotopic (exact) mass is 644 g/mol. The van der Waals surface area contributed by atoms with Crippen molar-refractivity contribution in [1.29, 1.82) is 0 Å². The fourth-order valence-electron chi connectivity index (χ4n) is 4.93. The molecule has 0 saturated heterocycles. The number of carbonyl (C=O) groups is 2. The van der Waals surface area contributed by atoms with E-state index in [1.807, 2.05) is 61.5 Å². The molecule has 6 aromatic rings. The van der Waals surface area contributed by atoms with Gasteiger partial charge in [-0.15, -0.1) is 0 Å². The quantitative estimate of drug-likeness (QED) is 0.158. The van der Waals surface area contributed by atoms with Gasteiger partial charge in [0.2, 0.25) is 5.88 Å². The van der Waals surface area contributed by atoms with E-state index in [1.165, 1.54) is 4.90 Å². The molecular formula is C36H36N8O4. The third kappa shape index (κ3) is 6.97. The Bertz CT molecular complexity index is 2110. The lowest BCUT2D eigenvalue weighted by molar-refractivity contribution is 0.256. The molecule has 0 fully saturated rings. The molecule has 3 N–H and O–H groups in total. The number of aromatic nitrogens is 4. The van der Waals surface area contributed by atoms with E-state index in [1.54, 1.807) is 55.2 Å². The summed E-state index contributed by atoms with van der Waals surface area (Å²) in [7, 11) is 1.57. The predicted molar refractivity (Wildman–Crippen MR) is 187 cm³/mol. The van der Waals surface area contributed by atoms with Gasteiger partial charge in [-0.05, 0) is 44.2 Å². The van der Waals surface area contributed by atoms with Gasteiger partial charge in [0.1, 0.15) is 23.1 Å². The molecule has 0 aliphatic heterocycles. The van der Waals surface area contributed by atoms with Gasteiger partial charge in [0.15, 0.2) is 0 Å². The topological polar surface area (TPSA) is 139 Å². The summed E-state index contributed by atoms with van der Waals surface area (Å²) in [5, 5.41) is 18.9. The molecule has 48 heavy (non-hydrogen) atoms. The second-order valence-corrected chi connectivity index (χ2v) is 12.4. The first kappa shape index (κ1) is 31.8. The van der Waals surface area contributed by atoms with Gasteiger partial charge in [-0.1, -0.05) is 67.9 Å². The van der Waals surface area contributed by atoms with Crippen molar-refractivity contribution in [1.82, 2.24) is 19.9 Å². The lowest BCUT2D eigenvalue weighted by Gasteiger charge is -2.15. The molecule has 0 atom stereocenters. The van der Waals surface area contributed by atoms with E-state index in [9.17, 15) is 9.59 Å². The van der Waals surface area contributed by atoms with Gasteiger partial charge in [0.05, 0.1) is 22.8 Å². The Kier molecular flexibility index (Phi) is 8.55. The van der Waals surface area contributed by atoms with Crippen molar-refractivity contribution in [2.24, 2.45) is 0 Å². The van der Waals surface area contributed by atoms with Crippen molar-refractivity contribution in [2.75, 3.05) is 27.9 Å². The molecule has 3 aromatic carbocycles. The Morgan fingerprint density at radius 1 is 0.875 bits per heavy atom. The van der Waals surface area contributed by atoms with E-state index in [0.29, 0.717) is 40.4 Å². The summed E-state index contributed by atoms with van der Waals surface area (Å²) in [6.45, 7) is 10.0. The zero-order chi connectivity index (χ0) is 34.0. The SMILES string of the molecule is Cc1ccc(-n2nc(C(C)(C)C)cc2NC(=O)Nc2ccc(Oc3ccnc(NC(=O)N(C)c4cc(C)no4)c3)c3ccccc23)cc1. The number of fused-ring (bicyclic) bond motifs is 1. The Morgan fingerprint density at radius 3 is 2.33 bits per heavy atom. The summed E-state index contributed by atoms with van der Waals surface area (Å²) in [4.78, 5) is 31.7. The fourth-order valence-corrected chi connectivity index (χ4v) is 4.93. The maximum Gasteiger partial charge on any atom is 0.329 e. The van der Waals surface area contributed by atoms with Crippen LogP contribution in [0.5, 0.6) is 11.5 Å². The lowest BCUT2D eigenvalue weighted by Crippen LogP contribution is -2.31. The van der Waals surface area contributed by atoms with Crippen molar-refractivity contribution in [3.05, 3.63) is 108 Å². The number of hydrogen-bond donors (Lipinski definition) is 3. The fraction of sp³-hybridized carbons (Fsp3) is 0.194. The van der Waals surface area contributed by atoms with E-state index >= 15 is 0 Å². The number of benzene rings is 3. The molecule has 12 nitrogen and oxygen atoms in total. The van der Waals surface area contributed by atoms with E-state index < -0.39 is 12.1 Å². The summed E-state index contributed by atoms with van der Waals surface area (Å²) >= 11 is 0. The number of carbonyl (C=O) groups excluding carboxylic acids is 2. The van der Waals surface area contributed by atoms with Gasteiger partial charge in [0.25, 0.3) is 0 Å². The van der Waals surface area contributed by atoms with E-state index in [-0.39, 0.29) is 5.41 Å². The highest BCUT2D eigenvalue weighted by Crippen LogP contribution is 2.35. The van der Waals surface area contributed by atoms with Gasteiger partial charge in [0, 0.05) is 47.6 Å². The van der Waals surface area contributed by atoms with Crippen LogP contribution >= 0.6 is 0 Å². The zero-order valence-electron chi connectivity index (χ0n) is 27.5. The van der Waals surface area contributed by atoms with Gasteiger partial charge >= 0.3 is 12.1 Å². The van der Waals surface area contributed by atoms with E-state index in [2.05, 4.69) is 46.9 Å². The van der Waals surface area contributed by atoms with Crippen molar-refractivity contribution in [3.63, 3.8) is 0 Å². The Morgan fingerprint density at radius 2 is 1.62 bits per heavy atom. The first-order chi connectivity index (χ1) is 22.9. The van der Waals surface area contributed by atoms with Crippen LogP contribution in [0.3, 0.4) is 0 Å². The van der Waals surface area contributed by atoms with Crippen LogP contribution < -0.4 is 25.6 Å². The third-order valence-corrected chi connectivity index (χ3v) is 7.58. The number of aryl methyl sites for hydroxylation is 2. The highest BCUT2D eigenvalue weighted by Gasteiger charge is 2.22. The summed E-state index contributed by atoms with van der Waals surface area (Å²) in [5.41, 5.74) is 3.86. The van der Waals surface area contributed by atoms with Crippen molar-refractivity contribution in [2.45, 2.75) is 40.0 Å². The summed E-state index contributed by atoms with van der Waals surface area (Å²) in [6, 6.07) is 25.1. The van der Waals surface area contributed by atoms with Crippen LogP contribution in [0, 0.1) is 13.8 Å². The molecular weight excluding hydrogens is 608 g/mol. The third-order valence-electron chi connectivity index (χ3n) is 7.58. The highest BCUT2D eigenvalue weighted by molar-refractivity contribution is 6.07. The molecule has 12 heteroatoms. The molecule has 0 unspecified atom stereocenters. The predicted octanol–water partition coefficient (Wildman–Crippen LogP) is 8.43. The molecule has 0 aliphatic rings. The average Bonchev–Trinajstić information content (AvgIpc) is 3.69. The Balaban J connectivity index is 1.20. The molecule has 0 radical (unpaired) electrons. The minimum absolute atomic E-state index is 0.219. The minimum Gasteiger partial charge on any atom is -0.457 e. The average molecular weight is 645 g/mol. The Hall–Kier alpha value is -6.17. The van der Waals surface area contributed by atoms with Crippen LogP contribution in [0.25, 0.3) is 16.5 Å². The van der Waals surface area contributed by atoms with E-state index in [4.69, 9.17) is 14.4 Å². The molecule has 4 amide bonds. The van der Waals surface area contributed by atoms with E-state index in [0.717, 1.165) is 27.7 Å². The first-order valence-electron chi connectivity index (χ1n) is 15.3. The molecule has 0 spiro atoms. The molecule has 0 saturated carbocycles. The zero-order valence-corrected chi connectivity index (χ0v) is 27.5. The van der Waals surface area contributed by atoms with Crippen LogP contribution in [-0.4, -0.2) is 39.0 Å². The van der Waals surface area contributed by atoms with Crippen LogP contribution in [-0.2, 0) is 5.41 Å². The summed E-state index contributed by atoms with van der Waals surface area (Å²) in [6.07, 6.45) is 1.54. The lowest BCUT2D eigenvalue weighted by atomic mass is 9.92. The first-order valence-corrected chi connectivity index (χ1v) is 15.3. The number of ether oxygens (including phenoxy) is 1. The van der Waals surface area contributed by atoms with Crippen LogP contribution in [0.15, 0.2) is 95.6 Å². The second-order valence-electron chi connectivity index (χ2n) is 12.4. The number of anilines is 4. The van der Waals surface area contributed by atoms with Crippen LogP contribution in [0.1, 0.15) is 37.7 Å². The standard InChI is InChI=1S/C36H36N8O4/c1-22-11-13-24(14-12-22)44-32(21-30(41-44)36(3,4)5)40-34(45)38-28-15-16-29(27-10-8-7-9-26(27)28)47-25-17-18-37-31(20-25)39-35(46)43(6)33-19-23(2)42-48-33/h7-21H,1-6H3,(H,37,39,46)(H2,38,40,45). The minimum atomic E-state index is -0.452. The number of nitrogens with one attached hydrogen (secondary N) is 3. The van der Waals surface area contributed by atoms with Crippen molar-refractivity contribution in [3.8, 4) is 17.2 Å². The molecule has 244 valence electrons. The highest BCUT2D eigenvalue weighted by atomic mass is 16.5. The molecule has 3 aromatic heterocycles. The smallest absolute Gasteiger partial charge is 0.329 e. The molecule has 3 heterocycles. The molecule has 0 bridgehead atoms. The Labute approximate surface area is 277 Å². The van der Waals surface area contributed by atoms with Gasteiger partial charge in [-0.3, -0.25) is 15.5 Å². The number of rotatable bonds is 7. The molecule has 0 aliphatic carbocycles. The summed E-state index contributed by atoms with van der Waals surface area (Å²) in [5.74, 6) is 2.16. The maximum absolute atomic E-state index is 13.4. The van der Waals surface area contributed by atoms with Crippen LogP contribution in [0.2, 0.25) is 0 Å². The number of hydrogen-bond acceptors (Lipinski definition) is 7. The number of nitrogens with zero attached hydrogens (tertiary/aromatic N) is 5. The second kappa shape index (κ2) is 12.9. The van der Waals surface area contributed by atoms with Gasteiger partial charge < -0.3 is 14.6 Å². The van der Waals surface area contributed by atoms with Gasteiger partial charge in [-0.25, -0.2) is 19.3 Å². The molecule has 6 rings (SSSR count). The summed E-state index contributed by atoms with van der Waals surface area (Å²) < 4.78 is 13.2. The van der Waals surface area contributed by atoms with Crippen LogP contribution in [0.4, 0.5) is 32.8 Å². The van der Waals surface area contributed by atoms with Crippen molar-refractivity contribution < 1.29 is 18.8 Å². The maximum atomic E-state index is 13.4. The van der Waals surface area contributed by atoms with Crippen molar-refractivity contribution >= 4 is 46.0 Å². The number of pyridine rings is 1. The normalized spacial score (nSPS) is 11.3. The largest absolute Gasteiger partial charge is 0.457 e. The van der Waals surface area contributed by atoms with Gasteiger partial charge in [-0.2, -0.15) is 5.10 Å². The number of urea groups is 2.